The average molecular weight is 180 g/mol. The van der Waals surface area contributed by atoms with Crippen LogP contribution in [-0.4, -0.2) is 22.9 Å². The second kappa shape index (κ2) is 5.24. The van der Waals surface area contributed by atoms with Crippen molar-refractivity contribution in [3.63, 3.8) is 0 Å². The number of unbranched alkanes of at least 4 members (excludes halogenated alkanes) is 1. The second-order valence-electron chi connectivity index (χ2n) is 2.57. The summed E-state index contributed by atoms with van der Waals surface area (Å²) in [5, 5.41) is 0. The largest absolute Gasteiger partial charge is 0.476 e. The number of nitrogens with zero attached hydrogens (tertiary/aromatic N) is 2. The number of hydrogen-bond donors (Lipinski definition) is 0. The lowest BCUT2D eigenvalue weighted by Gasteiger charge is -2.04. The van der Waals surface area contributed by atoms with Crippen LogP contribution in [0, 0.1) is 0 Å². The van der Waals surface area contributed by atoms with Crippen LogP contribution in [0.1, 0.15) is 30.3 Å². The van der Waals surface area contributed by atoms with Crippen molar-refractivity contribution in [2.24, 2.45) is 0 Å². The highest BCUT2D eigenvalue weighted by Crippen LogP contribution is 2.08. The summed E-state index contributed by atoms with van der Waals surface area (Å²) in [6, 6.07) is 0. The highest BCUT2D eigenvalue weighted by molar-refractivity contribution is 5.74. The number of rotatable bonds is 5. The maximum atomic E-state index is 10.5. The van der Waals surface area contributed by atoms with Crippen LogP contribution < -0.4 is 4.74 Å². The molecule has 0 aliphatic rings. The van der Waals surface area contributed by atoms with Gasteiger partial charge >= 0.3 is 0 Å². The van der Waals surface area contributed by atoms with Gasteiger partial charge in [-0.25, -0.2) is 9.97 Å². The Bertz CT molecular complexity index is 276. The summed E-state index contributed by atoms with van der Waals surface area (Å²) in [6.45, 7) is 2.65. The van der Waals surface area contributed by atoms with E-state index < -0.39 is 0 Å². The average Bonchev–Trinajstić information content (AvgIpc) is 2.19. The monoisotopic (exact) mass is 180 g/mol. The molecule has 1 aromatic heterocycles. The molecule has 0 N–H and O–H groups in total. The summed E-state index contributed by atoms with van der Waals surface area (Å²) in [7, 11) is 0. The van der Waals surface area contributed by atoms with Gasteiger partial charge in [0, 0.05) is 12.4 Å². The molecule has 0 radical (unpaired) electrons. The van der Waals surface area contributed by atoms with Gasteiger partial charge in [0.1, 0.15) is 0 Å². The fraction of sp³-hybridized carbons (Fsp3) is 0.444. The van der Waals surface area contributed by atoms with Crippen molar-refractivity contribution in [1.29, 1.82) is 0 Å². The van der Waals surface area contributed by atoms with Gasteiger partial charge in [0.05, 0.1) is 6.61 Å². The minimum atomic E-state index is 0.263. The fourth-order valence-electron chi connectivity index (χ4n) is 0.841. The molecule has 70 valence electrons. The molecule has 4 nitrogen and oxygen atoms in total. The highest BCUT2D eigenvalue weighted by atomic mass is 16.5. The van der Waals surface area contributed by atoms with E-state index in [1.807, 2.05) is 0 Å². The first kappa shape index (κ1) is 9.64. The first-order valence-corrected chi connectivity index (χ1v) is 4.27. The molecule has 0 saturated carbocycles. The molecule has 4 heteroatoms. The molecule has 13 heavy (non-hydrogen) atoms. The van der Waals surface area contributed by atoms with Crippen molar-refractivity contribution in [2.75, 3.05) is 6.61 Å². The van der Waals surface area contributed by atoms with Crippen LogP contribution in [0.25, 0.3) is 0 Å². The van der Waals surface area contributed by atoms with E-state index in [4.69, 9.17) is 4.74 Å². The molecule has 0 bridgehead atoms. The van der Waals surface area contributed by atoms with Gasteiger partial charge < -0.3 is 4.74 Å². The van der Waals surface area contributed by atoms with E-state index in [1.54, 1.807) is 0 Å². The molecular formula is C9H12N2O2. The lowest BCUT2D eigenvalue weighted by Crippen LogP contribution is -2.02. The zero-order valence-electron chi connectivity index (χ0n) is 7.56. The molecule has 0 amide bonds. The molecule has 0 atom stereocenters. The van der Waals surface area contributed by atoms with Crippen LogP contribution in [0.5, 0.6) is 5.88 Å². The lowest BCUT2D eigenvalue weighted by molar-refractivity contribution is 0.111. The standard InChI is InChI=1S/C9H12N2O2/c1-2-3-6-13-9-8(7-12)10-4-5-11-9/h4-5,7H,2-3,6H2,1H3. The van der Waals surface area contributed by atoms with Gasteiger partial charge in [-0.05, 0) is 6.42 Å². The van der Waals surface area contributed by atoms with Gasteiger partial charge in [0.15, 0.2) is 12.0 Å². The highest BCUT2D eigenvalue weighted by Gasteiger charge is 2.03. The van der Waals surface area contributed by atoms with Crippen molar-refractivity contribution in [2.45, 2.75) is 19.8 Å². The zero-order valence-corrected chi connectivity index (χ0v) is 7.56. The Balaban J connectivity index is 2.59. The molecule has 0 aliphatic carbocycles. The van der Waals surface area contributed by atoms with Crippen molar-refractivity contribution in [3.8, 4) is 5.88 Å². The summed E-state index contributed by atoms with van der Waals surface area (Å²) in [5.41, 5.74) is 0.263. The normalized spacial score (nSPS) is 9.62. The summed E-state index contributed by atoms with van der Waals surface area (Å²) >= 11 is 0. The van der Waals surface area contributed by atoms with Crippen LogP contribution in [0.4, 0.5) is 0 Å². The van der Waals surface area contributed by atoms with E-state index in [-0.39, 0.29) is 5.69 Å². The third kappa shape index (κ3) is 2.82. The van der Waals surface area contributed by atoms with Crippen molar-refractivity contribution >= 4 is 6.29 Å². The van der Waals surface area contributed by atoms with Gasteiger partial charge in [-0.15, -0.1) is 0 Å². The SMILES string of the molecule is CCCCOc1nccnc1C=O. The van der Waals surface area contributed by atoms with E-state index in [9.17, 15) is 4.79 Å². The summed E-state index contributed by atoms with van der Waals surface area (Å²) in [5.74, 6) is 0.325. The Hall–Kier alpha value is -1.45. The minimum Gasteiger partial charge on any atom is -0.476 e. The van der Waals surface area contributed by atoms with Gasteiger partial charge in [0.25, 0.3) is 0 Å². The van der Waals surface area contributed by atoms with Crippen LogP contribution in [0.2, 0.25) is 0 Å². The summed E-state index contributed by atoms with van der Waals surface area (Å²) in [6.07, 6.45) is 5.63. The third-order valence-electron chi connectivity index (χ3n) is 1.54. The van der Waals surface area contributed by atoms with Crippen LogP contribution in [0.15, 0.2) is 12.4 Å². The Morgan fingerprint density at radius 2 is 2.23 bits per heavy atom. The Labute approximate surface area is 77.0 Å². The summed E-state index contributed by atoms with van der Waals surface area (Å²) < 4.78 is 5.26. The molecule has 0 aromatic carbocycles. The molecule has 1 rings (SSSR count). The predicted octanol–water partition coefficient (Wildman–Crippen LogP) is 1.47. The molecule has 0 fully saturated rings. The van der Waals surface area contributed by atoms with Crippen molar-refractivity contribution in [3.05, 3.63) is 18.1 Å². The topological polar surface area (TPSA) is 52.1 Å². The number of ether oxygens (including phenoxy) is 1. The van der Waals surface area contributed by atoms with Crippen LogP contribution >= 0.6 is 0 Å². The van der Waals surface area contributed by atoms with Gasteiger partial charge in [-0.3, -0.25) is 4.79 Å². The number of hydrogen-bond acceptors (Lipinski definition) is 4. The maximum absolute atomic E-state index is 10.5. The third-order valence-corrected chi connectivity index (χ3v) is 1.54. The number of aromatic nitrogens is 2. The van der Waals surface area contributed by atoms with Crippen molar-refractivity contribution in [1.82, 2.24) is 9.97 Å². The van der Waals surface area contributed by atoms with Crippen LogP contribution in [0.3, 0.4) is 0 Å². The lowest BCUT2D eigenvalue weighted by atomic mass is 10.4. The molecule has 0 spiro atoms. The summed E-state index contributed by atoms with van der Waals surface area (Å²) in [4.78, 5) is 18.2. The van der Waals surface area contributed by atoms with E-state index in [1.165, 1.54) is 12.4 Å². The maximum Gasteiger partial charge on any atom is 0.243 e. The first-order valence-electron chi connectivity index (χ1n) is 4.27. The predicted molar refractivity (Wildman–Crippen MR) is 47.8 cm³/mol. The van der Waals surface area contributed by atoms with Gasteiger partial charge in [-0.1, -0.05) is 13.3 Å². The van der Waals surface area contributed by atoms with Crippen LogP contribution in [-0.2, 0) is 0 Å². The Morgan fingerprint density at radius 1 is 1.46 bits per heavy atom. The Morgan fingerprint density at radius 3 is 2.92 bits per heavy atom. The number of aldehydes is 1. The van der Waals surface area contributed by atoms with Crippen molar-refractivity contribution < 1.29 is 9.53 Å². The molecule has 1 aromatic rings. The zero-order chi connectivity index (χ0) is 9.52. The smallest absolute Gasteiger partial charge is 0.243 e. The van der Waals surface area contributed by atoms with E-state index in [0.717, 1.165) is 12.8 Å². The first-order chi connectivity index (χ1) is 6.38. The number of carbonyl (C=O) groups excluding carboxylic acids is 1. The molecule has 1 heterocycles. The van der Waals surface area contributed by atoms with E-state index >= 15 is 0 Å². The fourth-order valence-corrected chi connectivity index (χ4v) is 0.841. The van der Waals surface area contributed by atoms with E-state index in [0.29, 0.717) is 18.8 Å². The minimum absolute atomic E-state index is 0.263. The number of carbonyl (C=O) groups is 1. The van der Waals surface area contributed by atoms with Gasteiger partial charge in [-0.2, -0.15) is 0 Å². The molecule has 0 unspecified atom stereocenters. The quantitative estimate of drug-likeness (QED) is 0.508. The molecule has 0 saturated heterocycles. The molecular weight excluding hydrogens is 168 g/mol. The molecule has 0 aliphatic heterocycles. The Kier molecular flexibility index (Phi) is 3.88. The van der Waals surface area contributed by atoms with Gasteiger partial charge in [0.2, 0.25) is 5.88 Å². The second-order valence-corrected chi connectivity index (χ2v) is 2.57. The van der Waals surface area contributed by atoms with E-state index in [2.05, 4.69) is 16.9 Å².